The minimum absolute atomic E-state index is 0.0491. The lowest BCUT2D eigenvalue weighted by Gasteiger charge is -2.24. The van der Waals surface area contributed by atoms with Crippen molar-refractivity contribution in [3.05, 3.63) is 0 Å². The fourth-order valence-corrected chi connectivity index (χ4v) is 6.82. The second-order valence-electron chi connectivity index (χ2n) is 16.9. The van der Waals surface area contributed by atoms with Crippen LogP contribution in [0.4, 0.5) is 0 Å². The summed E-state index contributed by atoms with van der Waals surface area (Å²) in [6.07, 6.45) is 40.0. The van der Waals surface area contributed by atoms with Gasteiger partial charge >= 0.3 is 0 Å². The summed E-state index contributed by atoms with van der Waals surface area (Å²) in [5, 5.41) is 17.7. The van der Waals surface area contributed by atoms with E-state index in [2.05, 4.69) is 24.5 Å². The molecule has 8 nitrogen and oxygen atoms in total. The number of aliphatic hydroxyl groups is 1. The van der Waals surface area contributed by atoms with E-state index in [1.807, 2.05) is 7.05 Å². The molecule has 8 heteroatoms. The second-order valence-corrected chi connectivity index (χ2v) is 16.9. The Morgan fingerprint density at radius 1 is 0.537 bits per heavy atom. The van der Waals surface area contributed by atoms with Crippen molar-refractivity contribution in [2.24, 2.45) is 0 Å². The molecule has 322 valence electrons. The van der Waals surface area contributed by atoms with Gasteiger partial charge in [0.25, 0.3) is 0 Å². The van der Waals surface area contributed by atoms with E-state index in [-0.39, 0.29) is 24.5 Å². The summed E-state index contributed by atoms with van der Waals surface area (Å²) in [5.74, 6) is 0.0982. The first-order chi connectivity index (χ1) is 26.2. The lowest BCUT2D eigenvalue weighted by atomic mass is 10.0. The number of hydroxylamine groups is 2. The van der Waals surface area contributed by atoms with Gasteiger partial charge in [0.15, 0.2) is 0 Å². The molecule has 0 aliphatic carbocycles. The molecule has 3 N–H and O–H groups in total. The van der Waals surface area contributed by atoms with Crippen LogP contribution in [0.2, 0.25) is 0 Å². The standard InChI is InChI=1S/C46H93N3O5/c1-6-8-10-12-14-16-18-20-22-24-26-28-30-32-34-36-44(50)47-40-43(53-39-38-49(5)54-42-46(3,4)52)41-48-45(51)37-35-33-31-29-27-25-23-21-19-17-15-13-11-9-7-2/h43,52H,6-42H2,1-5H3,(H,47,50)(H,48,51). The van der Waals surface area contributed by atoms with Crippen LogP contribution in [0.5, 0.6) is 0 Å². The van der Waals surface area contributed by atoms with Crippen molar-refractivity contribution in [1.82, 2.24) is 15.7 Å². The highest BCUT2D eigenvalue weighted by atomic mass is 16.7. The molecule has 0 heterocycles. The Labute approximate surface area is 335 Å². The number of nitrogens with zero attached hydrogens (tertiary/aromatic N) is 1. The normalized spacial score (nSPS) is 11.9. The Kier molecular flexibility index (Phi) is 39.1. The first-order valence-electron chi connectivity index (χ1n) is 23.4. The Morgan fingerprint density at radius 3 is 1.13 bits per heavy atom. The van der Waals surface area contributed by atoms with E-state index in [4.69, 9.17) is 9.57 Å². The summed E-state index contributed by atoms with van der Waals surface area (Å²) < 4.78 is 6.09. The summed E-state index contributed by atoms with van der Waals surface area (Å²) >= 11 is 0. The van der Waals surface area contributed by atoms with Gasteiger partial charge in [-0.15, -0.1) is 0 Å². The molecule has 0 radical (unpaired) electrons. The zero-order chi connectivity index (χ0) is 39.8. The molecule has 0 saturated carbocycles. The number of amides is 2. The predicted octanol–water partition coefficient (Wildman–Crippen LogP) is 11.8. The molecular formula is C46H93N3O5. The van der Waals surface area contributed by atoms with Crippen LogP contribution in [0.3, 0.4) is 0 Å². The van der Waals surface area contributed by atoms with Gasteiger partial charge in [0.1, 0.15) is 0 Å². The van der Waals surface area contributed by atoms with E-state index in [1.165, 1.54) is 167 Å². The minimum Gasteiger partial charge on any atom is -0.388 e. The average molecular weight is 768 g/mol. The van der Waals surface area contributed by atoms with E-state index in [0.717, 1.165) is 25.7 Å². The number of rotatable bonds is 43. The Balaban J connectivity index is 4.15. The van der Waals surface area contributed by atoms with Crippen LogP contribution >= 0.6 is 0 Å². The largest absolute Gasteiger partial charge is 0.388 e. The van der Waals surface area contributed by atoms with Crippen molar-refractivity contribution in [1.29, 1.82) is 0 Å². The molecule has 0 aromatic carbocycles. The van der Waals surface area contributed by atoms with Crippen molar-refractivity contribution < 1.29 is 24.3 Å². The monoisotopic (exact) mass is 768 g/mol. The number of carbonyl (C=O) groups excluding carboxylic acids is 2. The maximum absolute atomic E-state index is 12.6. The third-order valence-corrected chi connectivity index (χ3v) is 10.5. The maximum atomic E-state index is 12.6. The first kappa shape index (κ1) is 52.8. The third-order valence-electron chi connectivity index (χ3n) is 10.5. The Bertz CT molecular complexity index is 756. The van der Waals surface area contributed by atoms with Gasteiger partial charge in [0.2, 0.25) is 11.8 Å². The maximum Gasteiger partial charge on any atom is 0.220 e. The average Bonchev–Trinajstić information content (AvgIpc) is 3.14. The zero-order valence-electron chi connectivity index (χ0n) is 36.8. The van der Waals surface area contributed by atoms with Crippen LogP contribution in [-0.2, 0) is 19.2 Å². The summed E-state index contributed by atoms with van der Waals surface area (Å²) in [4.78, 5) is 30.9. The summed E-state index contributed by atoms with van der Waals surface area (Å²) in [7, 11) is 1.81. The number of nitrogens with one attached hydrogen (secondary N) is 2. The van der Waals surface area contributed by atoms with Crippen molar-refractivity contribution in [3.63, 3.8) is 0 Å². The van der Waals surface area contributed by atoms with Crippen LogP contribution in [0.25, 0.3) is 0 Å². The molecule has 0 aliphatic rings. The highest BCUT2D eigenvalue weighted by Gasteiger charge is 2.16. The molecule has 0 spiro atoms. The number of hydrogen-bond donors (Lipinski definition) is 3. The van der Waals surface area contributed by atoms with Crippen molar-refractivity contribution in [2.45, 2.75) is 245 Å². The van der Waals surface area contributed by atoms with Gasteiger partial charge in [0.05, 0.1) is 24.9 Å². The van der Waals surface area contributed by atoms with Crippen LogP contribution in [-0.4, -0.2) is 73.6 Å². The molecule has 2 amide bonds. The molecule has 54 heavy (non-hydrogen) atoms. The smallest absolute Gasteiger partial charge is 0.220 e. The van der Waals surface area contributed by atoms with Gasteiger partial charge in [-0.25, -0.2) is 0 Å². The molecule has 0 aromatic rings. The Morgan fingerprint density at radius 2 is 0.833 bits per heavy atom. The minimum atomic E-state index is -0.911. The van der Waals surface area contributed by atoms with Crippen molar-refractivity contribution in [3.8, 4) is 0 Å². The van der Waals surface area contributed by atoms with Gasteiger partial charge in [-0.2, -0.15) is 5.06 Å². The van der Waals surface area contributed by atoms with E-state index in [0.29, 0.717) is 39.1 Å². The molecule has 0 bridgehead atoms. The highest BCUT2D eigenvalue weighted by Crippen LogP contribution is 2.15. The number of carbonyl (C=O) groups is 2. The van der Waals surface area contributed by atoms with Gasteiger partial charge in [0, 0.05) is 39.5 Å². The molecule has 0 atom stereocenters. The van der Waals surface area contributed by atoms with E-state index in [9.17, 15) is 14.7 Å². The van der Waals surface area contributed by atoms with Crippen molar-refractivity contribution in [2.75, 3.05) is 39.9 Å². The van der Waals surface area contributed by atoms with Crippen molar-refractivity contribution >= 4 is 11.8 Å². The molecule has 0 unspecified atom stereocenters. The van der Waals surface area contributed by atoms with Crippen LogP contribution in [0, 0.1) is 0 Å². The molecule has 0 rings (SSSR count). The van der Waals surface area contributed by atoms with E-state index in [1.54, 1.807) is 18.9 Å². The summed E-state index contributed by atoms with van der Waals surface area (Å²) in [6, 6.07) is 0. The third kappa shape index (κ3) is 41.9. The van der Waals surface area contributed by atoms with Gasteiger partial charge in [-0.05, 0) is 26.7 Å². The lowest BCUT2D eigenvalue weighted by Crippen LogP contribution is -2.42. The quantitative estimate of drug-likeness (QED) is 0.0422. The van der Waals surface area contributed by atoms with Gasteiger partial charge in [-0.1, -0.05) is 194 Å². The highest BCUT2D eigenvalue weighted by molar-refractivity contribution is 5.76. The van der Waals surface area contributed by atoms with Crippen LogP contribution < -0.4 is 10.6 Å². The number of unbranched alkanes of at least 4 members (excludes halogenated alkanes) is 28. The fraction of sp³-hybridized carbons (Fsp3) is 0.957. The zero-order valence-corrected chi connectivity index (χ0v) is 36.8. The molecule has 0 fully saturated rings. The predicted molar refractivity (Wildman–Crippen MR) is 230 cm³/mol. The lowest BCUT2D eigenvalue weighted by molar-refractivity contribution is -0.186. The molecule has 0 saturated heterocycles. The number of hydrogen-bond acceptors (Lipinski definition) is 6. The molecular weight excluding hydrogens is 675 g/mol. The second kappa shape index (κ2) is 40.0. The Hall–Kier alpha value is -1.22. The van der Waals surface area contributed by atoms with E-state index >= 15 is 0 Å². The summed E-state index contributed by atoms with van der Waals surface area (Å²) in [5.41, 5.74) is -0.911. The first-order valence-corrected chi connectivity index (χ1v) is 23.4. The number of ether oxygens (including phenoxy) is 1. The van der Waals surface area contributed by atoms with Crippen LogP contribution in [0.1, 0.15) is 233 Å². The summed E-state index contributed by atoms with van der Waals surface area (Å²) in [6.45, 7) is 9.78. The fourth-order valence-electron chi connectivity index (χ4n) is 6.82. The molecule has 0 aliphatic heterocycles. The SMILES string of the molecule is CCCCCCCCCCCCCCCCCC(=O)NCC(CNC(=O)CCCCCCCCCCCCCCCCC)OCCN(C)OCC(C)(C)O. The molecule has 0 aromatic heterocycles. The number of likely N-dealkylation sites (N-methyl/N-ethyl adjacent to an activating group) is 1. The topological polar surface area (TPSA) is 100 Å². The van der Waals surface area contributed by atoms with Crippen LogP contribution in [0.15, 0.2) is 0 Å². The van der Waals surface area contributed by atoms with E-state index < -0.39 is 5.60 Å². The van der Waals surface area contributed by atoms with Gasteiger partial charge in [-0.3, -0.25) is 14.4 Å². The van der Waals surface area contributed by atoms with Gasteiger partial charge < -0.3 is 20.5 Å².